The number of aromatic nitrogens is 2. The Hall–Kier alpha value is -2.34. The Morgan fingerprint density at radius 3 is 2.70 bits per heavy atom. The van der Waals surface area contributed by atoms with Crippen LogP contribution in [-0.4, -0.2) is 23.3 Å². The van der Waals surface area contributed by atoms with Gasteiger partial charge in [-0.25, -0.2) is 4.79 Å². The van der Waals surface area contributed by atoms with E-state index >= 15 is 0 Å². The van der Waals surface area contributed by atoms with Crippen molar-refractivity contribution in [3.8, 4) is 0 Å². The Morgan fingerprint density at radius 1 is 1.35 bits per heavy atom. The van der Waals surface area contributed by atoms with E-state index in [0.717, 1.165) is 11.3 Å². The number of urea groups is 1. The molecule has 6 nitrogen and oxygen atoms in total. The summed E-state index contributed by atoms with van der Waals surface area (Å²) in [5.74, 6) is 0. The van der Waals surface area contributed by atoms with Crippen molar-refractivity contribution in [3.63, 3.8) is 0 Å². The normalized spacial score (nSPS) is 11.9. The standard InChI is InChI=1S/C14H19N5O/c1-10(15-2)12-3-5-13(6-4-12)19-14(20)16-7-11-8-17-18-9-11/h3-6,8-10,15H,7H2,1-2H3,(H,17,18)(H2,16,19,20). The second kappa shape index (κ2) is 6.72. The van der Waals surface area contributed by atoms with Gasteiger partial charge in [-0.3, -0.25) is 5.10 Å². The average molecular weight is 273 g/mol. The fraction of sp³-hybridized carbons (Fsp3) is 0.286. The van der Waals surface area contributed by atoms with Gasteiger partial charge in [0.2, 0.25) is 0 Å². The summed E-state index contributed by atoms with van der Waals surface area (Å²) in [6.07, 6.45) is 3.42. The number of anilines is 1. The fourth-order valence-electron chi connectivity index (χ4n) is 1.75. The molecule has 1 aromatic heterocycles. The van der Waals surface area contributed by atoms with Crippen molar-refractivity contribution < 1.29 is 4.79 Å². The number of carbonyl (C=O) groups is 1. The fourth-order valence-corrected chi connectivity index (χ4v) is 1.75. The molecular formula is C14H19N5O. The van der Waals surface area contributed by atoms with Crippen molar-refractivity contribution in [1.29, 1.82) is 0 Å². The maximum atomic E-state index is 11.7. The van der Waals surface area contributed by atoms with Crippen molar-refractivity contribution in [1.82, 2.24) is 20.8 Å². The minimum absolute atomic E-state index is 0.236. The number of hydrogen-bond donors (Lipinski definition) is 4. The summed E-state index contributed by atoms with van der Waals surface area (Å²) in [5.41, 5.74) is 2.87. The summed E-state index contributed by atoms with van der Waals surface area (Å²) in [6, 6.07) is 7.82. The Balaban J connectivity index is 1.84. The van der Waals surface area contributed by atoms with Gasteiger partial charge in [-0.1, -0.05) is 12.1 Å². The minimum Gasteiger partial charge on any atom is -0.334 e. The molecular weight excluding hydrogens is 254 g/mol. The molecule has 0 fully saturated rings. The van der Waals surface area contributed by atoms with Crippen LogP contribution in [0.3, 0.4) is 0 Å². The quantitative estimate of drug-likeness (QED) is 0.672. The molecule has 2 rings (SSSR count). The molecule has 106 valence electrons. The van der Waals surface area contributed by atoms with E-state index in [1.165, 1.54) is 5.56 Å². The lowest BCUT2D eigenvalue weighted by atomic mass is 10.1. The predicted octanol–water partition coefficient (Wildman–Crippen LogP) is 2.01. The number of benzene rings is 1. The van der Waals surface area contributed by atoms with E-state index in [2.05, 4.69) is 33.1 Å². The molecule has 2 aromatic rings. The third-order valence-electron chi connectivity index (χ3n) is 3.11. The van der Waals surface area contributed by atoms with Crippen LogP contribution in [0.25, 0.3) is 0 Å². The van der Waals surface area contributed by atoms with Crippen molar-refractivity contribution in [2.45, 2.75) is 19.5 Å². The molecule has 4 N–H and O–H groups in total. The van der Waals surface area contributed by atoms with E-state index in [-0.39, 0.29) is 6.03 Å². The number of hydrogen-bond acceptors (Lipinski definition) is 3. The van der Waals surface area contributed by atoms with Gasteiger partial charge in [-0.05, 0) is 31.7 Å². The molecule has 0 saturated heterocycles. The summed E-state index contributed by atoms with van der Waals surface area (Å²) in [5, 5.41) is 15.2. The third kappa shape index (κ3) is 3.83. The highest BCUT2D eigenvalue weighted by Crippen LogP contribution is 2.15. The van der Waals surface area contributed by atoms with Crippen LogP contribution in [0.2, 0.25) is 0 Å². The van der Waals surface area contributed by atoms with Gasteiger partial charge in [-0.15, -0.1) is 0 Å². The SMILES string of the molecule is CNC(C)c1ccc(NC(=O)NCc2cn[nH]c2)cc1. The topological polar surface area (TPSA) is 81.8 Å². The lowest BCUT2D eigenvalue weighted by molar-refractivity contribution is 0.251. The predicted molar refractivity (Wildman–Crippen MR) is 78.4 cm³/mol. The van der Waals surface area contributed by atoms with E-state index < -0.39 is 0 Å². The number of aromatic amines is 1. The second-order valence-electron chi connectivity index (χ2n) is 4.55. The first-order valence-corrected chi connectivity index (χ1v) is 6.49. The molecule has 0 aliphatic heterocycles. The molecule has 0 aliphatic rings. The molecule has 0 radical (unpaired) electrons. The number of H-pyrrole nitrogens is 1. The monoisotopic (exact) mass is 273 g/mol. The summed E-state index contributed by atoms with van der Waals surface area (Å²) >= 11 is 0. The molecule has 6 heteroatoms. The largest absolute Gasteiger partial charge is 0.334 e. The van der Waals surface area contributed by atoms with Crippen LogP contribution < -0.4 is 16.0 Å². The van der Waals surface area contributed by atoms with Crippen LogP contribution in [0.15, 0.2) is 36.7 Å². The number of nitrogens with one attached hydrogen (secondary N) is 4. The van der Waals surface area contributed by atoms with Crippen LogP contribution in [-0.2, 0) is 6.54 Å². The summed E-state index contributed by atoms with van der Waals surface area (Å²) in [6.45, 7) is 2.53. The van der Waals surface area contributed by atoms with Crippen LogP contribution >= 0.6 is 0 Å². The van der Waals surface area contributed by atoms with Crippen molar-refractivity contribution >= 4 is 11.7 Å². The van der Waals surface area contributed by atoms with Gasteiger partial charge in [0, 0.05) is 30.0 Å². The highest BCUT2D eigenvalue weighted by molar-refractivity contribution is 5.89. The first kappa shape index (κ1) is 14.1. The number of carbonyl (C=O) groups excluding carboxylic acids is 1. The number of rotatable bonds is 5. The van der Waals surface area contributed by atoms with Crippen molar-refractivity contribution in [3.05, 3.63) is 47.8 Å². The van der Waals surface area contributed by atoms with Gasteiger partial charge >= 0.3 is 6.03 Å². The van der Waals surface area contributed by atoms with Crippen molar-refractivity contribution in [2.24, 2.45) is 0 Å². The first-order chi connectivity index (χ1) is 9.69. The molecule has 20 heavy (non-hydrogen) atoms. The molecule has 1 unspecified atom stereocenters. The molecule has 1 aromatic carbocycles. The van der Waals surface area contributed by atoms with E-state index in [4.69, 9.17) is 0 Å². The second-order valence-corrected chi connectivity index (χ2v) is 4.55. The molecule has 1 atom stereocenters. The maximum absolute atomic E-state index is 11.7. The van der Waals surface area contributed by atoms with Gasteiger partial charge in [0.05, 0.1) is 6.20 Å². The highest BCUT2D eigenvalue weighted by Gasteiger charge is 2.04. The summed E-state index contributed by atoms with van der Waals surface area (Å²) in [7, 11) is 1.92. The molecule has 0 aliphatic carbocycles. The molecule has 2 amide bonds. The van der Waals surface area contributed by atoms with E-state index in [0.29, 0.717) is 12.6 Å². The van der Waals surface area contributed by atoms with Crippen LogP contribution in [0.1, 0.15) is 24.1 Å². The molecule has 0 saturated carbocycles. The van der Waals surface area contributed by atoms with Crippen LogP contribution in [0.5, 0.6) is 0 Å². The zero-order valence-electron chi connectivity index (χ0n) is 11.6. The summed E-state index contributed by atoms with van der Waals surface area (Å²) in [4.78, 5) is 11.7. The Bertz CT molecular complexity index is 535. The van der Waals surface area contributed by atoms with Gasteiger partial charge in [0.25, 0.3) is 0 Å². The zero-order chi connectivity index (χ0) is 14.4. The van der Waals surface area contributed by atoms with Gasteiger partial charge in [0.1, 0.15) is 0 Å². The lowest BCUT2D eigenvalue weighted by Crippen LogP contribution is -2.28. The van der Waals surface area contributed by atoms with E-state index in [9.17, 15) is 4.79 Å². The molecule has 1 heterocycles. The number of amides is 2. The van der Waals surface area contributed by atoms with Crippen molar-refractivity contribution in [2.75, 3.05) is 12.4 Å². The maximum Gasteiger partial charge on any atom is 0.319 e. The minimum atomic E-state index is -0.236. The van der Waals surface area contributed by atoms with Gasteiger partial charge in [-0.2, -0.15) is 5.10 Å². The Kier molecular flexibility index (Phi) is 4.73. The molecule has 0 bridgehead atoms. The smallest absolute Gasteiger partial charge is 0.319 e. The van der Waals surface area contributed by atoms with E-state index in [1.807, 2.05) is 31.3 Å². The van der Waals surface area contributed by atoms with Crippen LogP contribution in [0, 0.1) is 0 Å². The number of nitrogens with zero attached hydrogens (tertiary/aromatic N) is 1. The average Bonchev–Trinajstić information content (AvgIpc) is 2.98. The first-order valence-electron chi connectivity index (χ1n) is 6.49. The Labute approximate surface area is 118 Å². The Morgan fingerprint density at radius 2 is 2.10 bits per heavy atom. The van der Waals surface area contributed by atoms with Gasteiger partial charge in [0.15, 0.2) is 0 Å². The van der Waals surface area contributed by atoms with Gasteiger partial charge < -0.3 is 16.0 Å². The van der Waals surface area contributed by atoms with Crippen LogP contribution in [0.4, 0.5) is 10.5 Å². The molecule has 0 spiro atoms. The zero-order valence-corrected chi connectivity index (χ0v) is 11.6. The highest BCUT2D eigenvalue weighted by atomic mass is 16.2. The summed E-state index contributed by atoms with van der Waals surface area (Å²) < 4.78 is 0. The third-order valence-corrected chi connectivity index (χ3v) is 3.11. The lowest BCUT2D eigenvalue weighted by Gasteiger charge is -2.12. The van der Waals surface area contributed by atoms with E-state index in [1.54, 1.807) is 12.4 Å².